The van der Waals surface area contributed by atoms with Gasteiger partial charge in [-0.15, -0.1) is 0 Å². The summed E-state index contributed by atoms with van der Waals surface area (Å²) in [6.45, 7) is 2.77. The summed E-state index contributed by atoms with van der Waals surface area (Å²) in [5, 5.41) is 5.30. The van der Waals surface area contributed by atoms with Gasteiger partial charge in [0, 0.05) is 13.8 Å². The Hall–Kier alpha value is -2.24. The number of carbonyl (C=O) groups is 2. The molecule has 2 amide bonds. The molecule has 1 rings (SSSR count). The molecule has 6 nitrogen and oxygen atoms in total. The molecule has 0 aliphatic heterocycles. The Morgan fingerprint density at radius 2 is 1.53 bits per heavy atom. The number of carbonyl (C=O) groups excluding carboxylic acids is 2. The fourth-order valence-electron chi connectivity index (χ4n) is 1.64. The van der Waals surface area contributed by atoms with E-state index < -0.39 is 6.17 Å². The Kier molecular flexibility index (Phi) is 5.17. The van der Waals surface area contributed by atoms with E-state index in [4.69, 9.17) is 9.47 Å². The average molecular weight is 266 g/mol. The second kappa shape index (κ2) is 6.63. The van der Waals surface area contributed by atoms with E-state index in [0.717, 1.165) is 0 Å². The van der Waals surface area contributed by atoms with E-state index in [-0.39, 0.29) is 11.8 Å². The zero-order valence-electron chi connectivity index (χ0n) is 11.4. The smallest absolute Gasteiger partial charge is 0.218 e. The van der Waals surface area contributed by atoms with E-state index in [1.807, 2.05) is 0 Å². The van der Waals surface area contributed by atoms with Crippen molar-refractivity contribution in [2.24, 2.45) is 0 Å². The lowest BCUT2D eigenvalue weighted by Crippen LogP contribution is -2.39. The van der Waals surface area contributed by atoms with E-state index in [2.05, 4.69) is 10.6 Å². The van der Waals surface area contributed by atoms with Crippen LogP contribution in [0.2, 0.25) is 0 Å². The van der Waals surface area contributed by atoms with Gasteiger partial charge in [-0.05, 0) is 17.7 Å². The molecule has 0 aromatic heterocycles. The molecule has 0 fully saturated rings. The van der Waals surface area contributed by atoms with Gasteiger partial charge in [-0.3, -0.25) is 9.59 Å². The number of benzene rings is 1. The molecule has 0 saturated heterocycles. The quantitative estimate of drug-likeness (QED) is 0.779. The molecular formula is C13H18N2O4. The van der Waals surface area contributed by atoms with Gasteiger partial charge in [0.1, 0.15) is 6.17 Å². The van der Waals surface area contributed by atoms with Crippen molar-refractivity contribution in [1.82, 2.24) is 10.6 Å². The predicted octanol–water partition coefficient (Wildman–Crippen LogP) is 0.975. The molecule has 0 heterocycles. The van der Waals surface area contributed by atoms with Gasteiger partial charge in [-0.1, -0.05) is 6.07 Å². The molecule has 0 unspecified atom stereocenters. The highest BCUT2D eigenvalue weighted by Crippen LogP contribution is 2.29. The molecule has 0 aliphatic rings. The summed E-state index contributed by atoms with van der Waals surface area (Å²) in [6, 6.07) is 5.16. The Balaban J connectivity index is 3.07. The summed E-state index contributed by atoms with van der Waals surface area (Å²) in [5.41, 5.74) is 0.697. The third kappa shape index (κ3) is 4.17. The maximum absolute atomic E-state index is 11.2. The molecule has 1 aromatic rings. The van der Waals surface area contributed by atoms with Crippen LogP contribution in [0.25, 0.3) is 0 Å². The first-order chi connectivity index (χ1) is 8.97. The number of rotatable bonds is 5. The summed E-state index contributed by atoms with van der Waals surface area (Å²) in [5.74, 6) is 0.624. The van der Waals surface area contributed by atoms with Crippen LogP contribution in [0.1, 0.15) is 25.6 Å². The second-order valence-electron chi connectivity index (χ2n) is 3.95. The van der Waals surface area contributed by atoms with Crippen LogP contribution in [0.3, 0.4) is 0 Å². The van der Waals surface area contributed by atoms with Crippen molar-refractivity contribution in [3.63, 3.8) is 0 Å². The van der Waals surface area contributed by atoms with Crippen LogP contribution in [0.15, 0.2) is 18.2 Å². The van der Waals surface area contributed by atoms with E-state index >= 15 is 0 Å². The van der Waals surface area contributed by atoms with Crippen LogP contribution in [0, 0.1) is 0 Å². The summed E-state index contributed by atoms with van der Waals surface area (Å²) in [4.78, 5) is 22.3. The van der Waals surface area contributed by atoms with E-state index in [1.165, 1.54) is 28.1 Å². The molecule has 0 radical (unpaired) electrons. The van der Waals surface area contributed by atoms with Gasteiger partial charge in [0.2, 0.25) is 11.8 Å². The molecule has 1 aromatic carbocycles. The van der Waals surface area contributed by atoms with E-state index in [9.17, 15) is 9.59 Å². The standard InChI is InChI=1S/C13H18N2O4/c1-8(16)14-13(15-9(2)17)10-5-6-11(18-3)12(7-10)19-4/h5-7,13H,1-4H3,(H,14,16)(H,15,17). The normalized spacial score (nSPS) is 9.95. The summed E-state index contributed by atoms with van der Waals surface area (Å²) >= 11 is 0. The number of nitrogens with one attached hydrogen (secondary N) is 2. The Labute approximate surface area is 112 Å². The van der Waals surface area contributed by atoms with Crippen LogP contribution in [-0.4, -0.2) is 26.0 Å². The molecular weight excluding hydrogens is 248 g/mol. The molecule has 0 spiro atoms. The molecule has 19 heavy (non-hydrogen) atoms. The first kappa shape index (κ1) is 14.8. The van der Waals surface area contributed by atoms with Crippen LogP contribution in [0.5, 0.6) is 11.5 Å². The van der Waals surface area contributed by atoms with E-state index in [0.29, 0.717) is 17.1 Å². The van der Waals surface area contributed by atoms with Crippen molar-refractivity contribution >= 4 is 11.8 Å². The highest BCUT2D eigenvalue weighted by atomic mass is 16.5. The number of hydrogen-bond acceptors (Lipinski definition) is 4. The number of methoxy groups -OCH3 is 2. The first-order valence-electron chi connectivity index (χ1n) is 5.74. The average Bonchev–Trinajstić information content (AvgIpc) is 2.36. The minimum absolute atomic E-state index is 0.242. The lowest BCUT2D eigenvalue weighted by molar-refractivity contribution is -0.122. The molecule has 0 aliphatic carbocycles. The molecule has 0 bridgehead atoms. The lowest BCUT2D eigenvalue weighted by Gasteiger charge is -2.20. The monoisotopic (exact) mass is 266 g/mol. The van der Waals surface area contributed by atoms with E-state index in [1.54, 1.807) is 18.2 Å². The third-order valence-electron chi connectivity index (χ3n) is 2.44. The number of hydrogen-bond donors (Lipinski definition) is 2. The largest absolute Gasteiger partial charge is 0.493 e. The minimum Gasteiger partial charge on any atom is -0.493 e. The van der Waals surface area contributed by atoms with Gasteiger partial charge >= 0.3 is 0 Å². The molecule has 0 atom stereocenters. The Morgan fingerprint density at radius 3 is 1.95 bits per heavy atom. The SMILES string of the molecule is COc1ccc(C(NC(C)=O)NC(C)=O)cc1OC. The highest BCUT2D eigenvalue weighted by molar-refractivity contribution is 5.76. The molecule has 6 heteroatoms. The fraction of sp³-hybridized carbons (Fsp3) is 0.385. The van der Waals surface area contributed by atoms with Gasteiger partial charge in [-0.2, -0.15) is 0 Å². The predicted molar refractivity (Wildman–Crippen MR) is 69.9 cm³/mol. The molecule has 0 saturated carbocycles. The number of amides is 2. The minimum atomic E-state index is -0.602. The zero-order chi connectivity index (χ0) is 14.4. The Bertz CT molecular complexity index is 458. The maximum Gasteiger partial charge on any atom is 0.218 e. The van der Waals surface area contributed by atoms with Gasteiger partial charge in [0.25, 0.3) is 0 Å². The van der Waals surface area contributed by atoms with Gasteiger partial charge in [-0.25, -0.2) is 0 Å². The van der Waals surface area contributed by atoms with Crippen molar-refractivity contribution in [2.75, 3.05) is 14.2 Å². The van der Waals surface area contributed by atoms with Crippen molar-refractivity contribution in [1.29, 1.82) is 0 Å². The second-order valence-corrected chi connectivity index (χ2v) is 3.95. The van der Waals surface area contributed by atoms with Gasteiger partial charge < -0.3 is 20.1 Å². The van der Waals surface area contributed by atoms with Crippen LogP contribution < -0.4 is 20.1 Å². The van der Waals surface area contributed by atoms with Crippen molar-refractivity contribution in [3.8, 4) is 11.5 Å². The maximum atomic E-state index is 11.2. The Morgan fingerprint density at radius 1 is 1.00 bits per heavy atom. The van der Waals surface area contributed by atoms with Crippen molar-refractivity contribution in [3.05, 3.63) is 23.8 Å². The van der Waals surface area contributed by atoms with Crippen LogP contribution in [0.4, 0.5) is 0 Å². The lowest BCUT2D eigenvalue weighted by atomic mass is 10.1. The topological polar surface area (TPSA) is 76.7 Å². The molecule has 2 N–H and O–H groups in total. The summed E-state index contributed by atoms with van der Waals surface area (Å²) in [7, 11) is 3.06. The van der Waals surface area contributed by atoms with Crippen molar-refractivity contribution in [2.45, 2.75) is 20.0 Å². The van der Waals surface area contributed by atoms with Crippen LogP contribution >= 0.6 is 0 Å². The van der Waals surface area contributed by atoms with Gasteiger partial charge in [0.05, 0.1) is 14.2 Å². The molecule has 104 valence electrons. The fourth-order valence-corrected chi connectivity index (χ4v) is 1.64. The summed E-state index contributed by atoms with van der Waals surface area (Å²) < 4.78 is 10.3. The number of ether oxygens (including phenoxy) is 2. The third-order valence-corrected chi connectivity index (χ3v) is 2.44. The van der Waals surface area contributed by atoms with Crippen molar-refractivity contribution < 1.29 is 19.1 Å². The zero-order valence-corrected chi connectivity index (χ0v) is 11.4. The summed E-state index contributed by atoms with van der Waals surface area (Å²) in [6.07, 6.45) is -0.602. The highest BCUT2D eigenvalue weighted by Gasteiger charge is 2.16. The van der Waals surface area contributed by atoms with Crippen LogP contribution in [-0.2, 0) is 9.59 Å². The first-order valence-corrected chi connectivity index (χ1v) is 5.74. The van der Waals surface area contributed by atoms with Gasteiger partial charge in [0.15, 0.2) is 11.5 Å².